The zero-order valence-electron chi connectivity index (χ0n) is 23.8. The van der Waals surface area contributed by atoms with E-state index in [0.29, 0.717) is 13.0 Å². The summed E-state index contributed by atoms with van der Waals surface area (Å²) in [5.41, 5.74) is 1.16. The molecule has 2 heteroatoms. The molecule has 0 saturated carbocycles. The lowest BCUT2D eigenvalue weighted by atomic mass is 9.80. The summed E-state index contributed by atoms with van der Waals surface area (Å²) < 4.78 is 5.84. The maximum absolute atomic E-state index is 12.5. The molecule has 0 aliphatic rings. The Labute approximate surface area is 219 Å². The molecular weight excluding hydrogens is 428 g/mol. The first kappa shape index (κ1) is 31.7. The fourth-order valence-electron chi connectivity index (χ4n) is 5.06. The zero-order valence-corrected chi connectivity index (χ0v) is 23.8. The quantitative estimate of drug-likeness (QED) is 0.107. The lowest BCUT2D eigenvalue weighted by Crippen LogP contribution is -2.26. The van der Waals surface area contributed by atoms with Crippen molar-refractivity contribution in [2.24, 2.45) is 5.41 Å². The van der Waals surface area contributed by atoms with Crippen LogP contribution in [0.15, 0.2) is 30.3 Å². The molecule has 0 amide bonds. The van der Waals surface area contributed by atoms with Gasteiger partial charge in [-0.2, -0.15) is 0 Å². The summed E-state index contributed by atoms with van der Waals surface area (Å²) in [6.45, 7) is 7.50. The topological polar surface area (TPSA) is 26.3 Å². The van der Waals surface area contributed by atoms with Crippen LogP contribution in [-0.4, -0.2) is 12.6 Å². The highest BCUT2D eigenvalue weighted by Crippen LogP contribution is 2.32. The highest BCUT2D eigenvalue weighted by atomic mass is 16.5. The van der Waals surface area contributed by atoms with Crippen molar-refractivity contribution in [2.75, 3.05) is 6.61 Å². The van der Waals surface area contributed by atoms with E-state index in [1.54, 1.807) is 0 Å². The summed E-state index contributed by atoms with van der Waals surface area (Å²) >= 11 is 0. The van der Waals surface area contributed by atoms with E-state index in [0.717, 1.165) is 5.56 Å². The molecule has 0 fully saturated rings. The summed E-state index contributed by atoms with van der Waals surface area (Å²) in [6.07, 6.45) is 27.2. The van der Waals surface area contributed by atoms with Gasteiger partial charge in [-0.1, -0.05) is 167 Å². The number of benzene rings is 1. The summed E-state index contributed by atoms with van der Waals surface area (Å²) in [4.78, 5) is 12.5. The molecule has 0 aromatic heterocycles. The predicted octanol–water partition coefficient (Wildman–Crippen LogP) is 10.6. The molecule has 0 heterocycles. The van der Waals surface area contributed by atoms with Crippen LogP contribution in [0.3, 0.4) is 0 Å². The second-order valence-electron chi connectivity index (χ2n) is 11.3. The third-order valence-electron chi connectivity index (χ3n) is 7.54. The minimum atomic E-state index is -0.0820. The van der Waals surface area contributed by atoms with Gasteiger partial charge in [0.25, 0.3) is 0 Å². The summed E-state index contributed by atoms with van der Waals surface area (Å²) in [7, 11) is 0. The monoisotopic (exact) mass is 486 g/mol. The molecule has 1 unspecified atom stereocenters. The van der Waals surface area contributed by atoms with E-state index in [9.17, 15) is 4.79 Å². The number of ether oxygens (including phenoxy) is 1. The molecule has 0 aliphatic carbocycles. The molecule has 0 bridgehead atoms. The SMILES string of the molecule is CCCCCCCCCCCCC(C)(CCCCCCCCCC)COC(=O)Cc1ccccc1. The third-order valence-corrected chi connectivity index (χ3v) is 7.54. The first-order valence-electron chi connectivity index (χ1n) is 15.3. The Balaban J connectivity index is 2.33. The van der Waals surface area contributed by atoms with Crippen molar-refractivity contribution in [3.63, 3.8) is 0 Å². The minimum Gasteiger partial charge on any atom is -0.465 e. The predicted molar refractivity (Wildman–Crippen MR) is 153 cm³/mol. The molecule has 1 atom stereocenters. The van der Waals surface area contributed by atoms with E-state index >= 15 is 0 Å². The van der Waals surface area contributed by atoms with Crippen molar-refractivity contribution in [3.8, 4) is 0 Å². The number of rotatable bonds is 24. The van der Waals surface area contributed by atoms with Crippen molar-refractivity contribution in [2.45, 2.75) is 156 Å². The van der Waals surface area contributed by atoms with Gasteiger partial charge < -0.3 is 4.74 Å². The van der Waals surface area contributed by atoms with Crippen LogP contribution < -0.4 is 0 Å². The molecular formula is C33H58O2. The van der Waals surface area contributed by atoms with E-state index in [-0.39, 0.29) is 11.4 Å². The fraction of sp³-hybridized carbons (Fsp3) is 0.788. The van der Waals surface area contributed by atoms with Crippen LogP contribution in [0.1, 0.15) is 155 Å². The van der Waals surface area contributed by atoms with Crippen molar-refractivity contribution < 1.29 is 9.53 Å². The van der Waals surface area contributed by atoms with Crippen LogP contribution in [0.4, 0.5) is 0 Å². The normalized spacial score (nSPS) is 13.0. The second kappa shape index (κ2) is 21.9. The van der Waals surface area contributed by atoms with Crippen LogP contribution in [0.2, 0.25) is 0 Å². The molecule has 202 valence electrons. The molecule has 0 aliphatic heterocycles. The smallest absolute Gasteiger partial charge is 0.310 e. The van der Waals surface area contributed by atoms with Crippen molar-refractivity contribution in [1.29, 1.82) is 0 Å². The van der Waals surface area contributed by atoms with Gasteiger partial charge in [0.05, 0.1) is 13.0 Å². The largest absolute Gasteiger partial charge is 0.465 e. The standard InChI is InChI=1S/C33H58O2/c1-4-6-8-10-12-14-15-17-19-24-28-33(3,27-23-18-16-13-11-9-7-5-2)30-35-32(34)29-31-25-21-20-22-26-31/h20-22,25-26H,4-19,23-24,27-30H2,1-3H3. The van der Waals surface area contributed by atoms with Gasteiger partial charge in [0.15, 0.2) is 0 Å². The molecule has 0 spiro atoms. The van der Waals surface area contributed by atoms with Gasteiger partial charge >= 0.3 is 5.97 Å². The van der Waals surface area contributed by atoms with Gasteiger partial charge in [-0.25, -0.2) is 0 Å². The van der Waals surface area contributed by atoms with Crippen LogP contribution in [0, 0.1) is 5.41 Å². The minimum absolute atomic E-state index is 0.0820. The molecule has 2 nitrogen and oxygen atoms in total. The van der Waals surface area contributed by atoms with E-state index in [2.05, 4.69) is 20.8 Å². The molecule has 0 N–H and O–H groups in total. The number of esters is 1. The Morgan fingerprint density at radius 1 is 0.629 bits per heavy atom. The lowest BCUT2D eigenvalue weighted by Gasteiger charge is -2.29. The van der Waals surface area contributed by atoms with E-state index in [1.807, 2.05) is 30.3 Å². The number of hydrogen-bond donors (Lipinski definition) is 0. The molecule has 0 saturated heterocycles. The molecule has 1 aromatic rings. The maximum Gasteiger partial charge on any atom is 0.310 e. The number of carbonyl (C=O) groups is 1. The Hall–Kier alpha value is -1.31. The molecule has 0 radical (unpaired) electrons. The zero-order chi connectivity index (χ0) is 25.5. The van der Waals surface area contributed by atoms with E-state index < -0.39 is 0 Å². The van der Waals surface area contributed by atoms with Gasteiger partial charge in [-0.05, 0) is 18.4 Å². The van der Waals surface area contributed by atoms with E-state index in [4.69, 9.17) is 4.74 Å². The average molecular weight is 487 g/mol. The number of carbonyl (C=O) groups excluding carboxylic acids is 1. The Morgan fingerprint density at radius 2 is 1.03 bits per heavy atom. The van der Waals surface area contributed by atoms with Gasteiger partial charge in [0.1, 0.15) is 0 Å². The summed E-state index contributed by atoms with van der Waals surface area (Å²) in [5.74, 6) is -0.0820. The molecule has 1 rings (SSSR count). The van der Waals surface area contributed by atoms with Gasteiger partial charge in [-0.3, -0.25) is 4.79 Å². The first-order chi connectivity index (χ1) is 17.1. The number of unbranched alkanes of at least 4 members (excludes halogenated alkanes) is 16. The van der Waals surface area contributed by atoms with Crippen molar-refractivity contribution in [3.05, 3.63) is 35.9 Å². The molecule has 35 heavy (non-hydrogen) atoms. The van der Waals surface area contributed by atoms with Gasteiger partial charge in [0.2, 0.25) is 0 Å². The number of hydrogen-bond acceptors (Lipinski definition) is 2. The van der Waals surface area contributed by atoms with Crippen LogP contribution in [0.5, 0.6) is 0 Å². The summed E-state index contributed by atoms with van der Waals surface area (Å²) in [5, 5.41) is 0. The maximum atomic E-state index is 12.5. The Bertz CT molecular complexity index is 596. The van der Waals surface area contributed by atoms with Gasteiger partial charge in [-0.15, -0.1) is 0 Å². The van der Waals surface area contributed by atoms with Gasteiger partial charge in [0, 0.05) is 5.41 Å². The Kier molecular flexibility index (Phi) is 19.9. The highest BCUT2D eigenvalue weighted by Gasteiger charge is 2.25. The van der Waals surface area contributed by atoms with Crippen molar-refractivity contribution in [1.82, 2.24) is 0 Å². The van der Waals surface area contributed by atoms with Crippen molar-refractivity contribution >= 4 is 5.97 Å². The first-order valence-corrected chi connectivity index (χ1v) is 15.3. The van der Waals surface area contributed by atoms with Crippen LogP contribution in [-0.2, 0) is 16.0 Å². The second-order valence-corrected chi connectivity index (χ2v) is 11.3. The van der Waals surface area contributed by atoms with E-state index in [1.165, 1.54) is 128 Å². The van der Waals surface area contributed by atoms with Crippen LogP contribution >= 0.6 is 0 Å². The fourth-order valence-corrected chi connectivity index (χ4v) is 5.06. The average Bonchev–Trinajstić information content (AvgIpc) is 2.86. The lowest BCUT2D eigenvalue weighted by molar-refractivity contribution is -0.146. The third kappa shape index (κ3) is 18.6. The highest BCUT2D eigenvalue weighted by molar-refractivity contribution is 5.72. The summed E-state index contributed by atoms with van der Waals surface area (Å²) in [6, 6.07) is 9.97. The Morgan fingerprint density at radius 3 is 1.46 bits per heavy atom. The van der Waals surface area contributed by atoms with Crippen LogP contribution in [0.25, 0.3) is 0 Å². The molecule has 1 aromatic carbocycles.